The van der Waals surface area contributed by atoms with Gasteiger partial charge in [0.2, 0.25) is 0 Å². The fraction of sp³-hybridized carbons (Fsp3) is 0.625. The molecule has 3 rings (SSSR count). The van der Waals surface area contributed by atoms with Crippen LogP contribution in [0.25, 0.3) is 0 Å². The van der Waals surface area contributed by atoms with E-state index >= 15 is 0 Å². The van der Waals surface area contributed by atoms with Gasteiger partial charge >= 0.3 is 0 Å². The summed E-state index contributed by atoms with van der Waals surface area (Å²) in [6.45, 7) is 8.39. The molecule has 114 valence electrons. The minimum Gasteiger partial charge on any atom is -0.371 e. The average molecular weight is 289 g/mol. The summed E-state index contributed by atoms with van der Waals surface area (Å²) in [6.07, 6.45) is 3.14. The summed E-state index contributed by atoms with van der Waals surface area (Å²) in [5.74, 6) is 0. The third kappa shape index (κ3) is 2.50. The molecule has 0 amide bonds. The molecule has 21 heavy (non-hydrogen) atoms. The number of nitro benzene ring substituents is 1. The predicted octanol–water partition coefficient (Wildman–Crippen LogP) is 2.66. The lowest BCUT2D eigenvalue weighted by molar-refractivity contribution is -0.385. The molecule has 5 heteroatoms. The Morgan fingerprint density at radius 2 is 2.00 bits per heavy atom. The van der Waals surface area contributed by atoms with Gasteiger partial charge in [0.1, 0.15) is 0 Å². The van der Waals surface area contributed by atoms with Gasteiger partial charge in [0.25, 0.3) is 5.69 Å². The molecule has 0 aliphatic carbocycles. The molecule has 0 bridgehead atoms. The highest BCUT2D eigenvalue weighted by atomic mass is 16.6. The lowest BCUT2D eigenvalue weighted by Gasteiger charge is -2.49. The standard InChI is InChI=1S/C16H23N3O2/c1-3-13-9-14(12(2)8-15(13)19(20)21)18-6-4-16(5-7-18)10-17-11-16/h8-9,17H,3-7,10-11H2,1-2H3. The van der Waals surface area contributed by atoms with E-state index in [1.54, 1.807) is 6.07 Å². The van der Waals surface area contributed by atoms with Crippen LogP contribution in [0.15, 0.2) is 12.1 Å². The number of aryl methyl sites for hydroxylation is 2. The van der Waals surface area contributed by atoms with Crippen molar-refractivity contribution in [2.45, 2.75) is 33.1 Å². The first-order valence-corrected chi connectivity index (χ1v) is 7.78. The summed E-state index contributed by atoms with van der Waals surface area (Å²) < 4.78 is 0. The van der Waals surface area contributed by atoms with Crippen molar-refractivity contribution in [3.8, 4) is 0 Å². The zero-order chi connectivity index (χ0) is 15.0. The van der Waals surface area contributed by atoms with Crippen LogP contribution in [0.5, 0.6) is 0 Å². The average Bonchev–Trinajstić information content (AvgIpc) is 2.45. The van der Waals surface area contributed by atoms with Gasteiger partial charge in [0.05, 0.1) is 4.92 Å². The summed E-state index contributed by atoms with van der Waals surface area (Å²) in [5.41, 5.74) is 3.82. The maximum atomic E-state index is 11.1. The number of hydrogen-bond donors (Lipinski definition) is 1. The molecular weight excluding hydrogens is 266 g/mol. The molecule has 1 aromatic carbocycles. The number of hydrogen-bond acceptors (Lipinski definition) is 4. The molecule has 0 saturated carbocycles. The van der Waals surface area contributed by atoms with Gasteiger partial charge in [-0.15, -0.1) is 0 Å². The molecule has 2 aliphatic rings. The first-order valence-electron chi connectivity index (χ1n) is 7.78. The summed E-state index contributed by atoms with van der Waals surface area (Å²) >= 11 is 0. The van der Waals surface area contributed by atoms with Crippen molar-refractivity contribution >= 4 is 11.4 Å². The van der Waals surface area contributed by atoms with E-state index in [2.05, 4.69) is 10.2 Å². The second-order valence-electron chi connectivity index (χ2n) is 6.47. The number of nitro groups is 1. The molecule has 0 atom stereocenters. The van der Waals surface area contributed by atoms with Crippen LogP contribution in [0.4, 0.5) is 11.4 Å². The smallest absolute Gasteiger partial charge is 0.272 e. The van der Waals surface area contributed by atoms with Crippen molar-refractivity contribution in [2.24, 2.45) is 5.41 Å². The van der Waals surface area contributed by atoms with Crippen LogP contribution in [-0.2, 0) is 6.42 Å². The Balaban J connectivity index is 1.83. The third-order valence-electron chi connectivity index (χ3n) is 5.14. The Hall–Kier alpha value is -1.62. The molecule has 1 spiro atoms. The van der Waals surface area contributed by atoms with Gasteiger partial charge < -0.3 is 10.2 Å². The van der Waals surface area contributed by atoms with Crippen LogP contribution >= 0.6 is 0 Å². The third-order valence-corrected chi connectivity index (χ3v) is 5.14. The molecule has 0 unspecified atom stereocenters. The topological polar surface area (TPSA) is 58.4 Å². The Labute approximate surface area is 125 Å². The van der Waals surface area contributed by atoms with E-state index in [1.165, 1.54) is 18.5 Å². The SMILES string of the molecule is CCc1cc(N2CCC3(CC2)CNC3)c(C)cc1[N+](=O)[O-]. The summed E-state index contributed by atoms with van der Waals surface area (Å²) in [6, 6.07) is 3.77. The van der Waals surface area contributed by atoms with Crippen LogP contribution in [0.3, 0.4) is 0 Å². The molecule has 0 aromatic heterocycles. The van der Waals surface area contributed by atoms with Crippen molar-refractivity contribution in [2.75, 3.05) is 31.1 Å². The van der Waals surface area contributed by atoms with Crippen LogP contribution in [-0.4, -0.2) is 31.1 Å². The fourth-order valence-electron chi connectivity index (χ4n) is 3.57. The van der Waals surface area contributed by atoms with Crippen molar-refractivity contribution in [1.82, 2.24) is 5.32 Å². The van der Waals surface area contributed by atoms with Crippen molar-refractivity contribution in [3.05, 3.63) is 33.4 Å². The molecule has 1 N–H and O–H groups in total. The lowest BCUT2D eigenvalue weighted by Crippen LogP contribution is -2.58. The van der Waals surface area contributed by atoms with E-state index in [1.807, 2.05) is 19.9 Å². The number of nitrogens with zero attached hydrogens (tertiary/aromatic N) is 2. The zero-order valence-corrected chi connectivity index (χ0v) is 12.8. The van der Waals surface area contributed by atoms with E-state index in [0.717, 1.165) is 37.3 Å². The molecule has 2 saturated heterocycles. The van der Waals surface area contributed by atoms with E-state index in [9.17, 15) is 10.1 Å². The first kappa shape index (κ1) is 14.3. The van der Waals surface area contributed by atoms with Gasteiger partial charge in [-0.1, -0.05) is 6.92 Å². The Bertz CT molecular complexity index is 557. The second-order valence-corrected chi connectivity index (χ2v) is 6.47. The highest BCUT2D eigenvalue weighted by Gasteiger charge is 2.39. The van der Waals surface area contributed by atoms with E-state index in [-0.39, 0.29) is 10.6 Å². The lowest BCUT2D eigenvalue weighted by atomic mass is 9.73. The van der Waals surface area contributed by atoms with Gasteiger partial charge in [-0.25, -0.2) is 0 Å². The Kier molecular flexibility index (Phi) is 3.61. The Morgan fingerprint density at radius 1 is 1.33 bits per heavy atom. The number of benzene rings is 1. The molecule has 5 nitrogen and oxygen atoms in total. The predicted molar refractivity (Wildman–Crippen MR) is 84.0 cm³/mol. The van der Waals surface area contributed by atoms with Crippen molar-refractivity contribution in [1.29, 1.82) is 0 Å². The van der Waals surface area contributed by atoms with Gasteiger partial charge in [-0.2, -0.15) is 0 Å². The number of anilines is 1. The van der Waals surface area contributed by atoms with E-state index in [0.29, 0.717) is 11.8 Å². The van der Waals surface area contributed by atoms with Crippen LogP contribution in [0.2, 0.25) is 0 Å². The van der Waals surface area contributed by atoms with E-state index < -0.39 is 0 Å². The molecular formula is C16H23N3O2. The molecule has 0 radical (unpaired) electrons. The zero-order valence-electron chi connectivity index (χ0n) is 12.8. The Morgan fingerprint density at radius 3 is 2.48 bits per heavy atom. The molecule has 2 fully saturated rings. The molecule has 1 aromatic rings. The largest absolute Gasteiger partial charge is 0.371 e. The summed E-state index contributed by atoms with van der Waals surface area (Å²) in [5, 5.41) is 14.5. The number of nitrogens with one attached hydrogen (secondary N) is 1. The quantitative estimate of drug-likeness (QED) is 0.686. The minimum atomic E-state index is -0.263. The van der Waals surface area contributed by atoms with Gasteiger partial charge in [-0.05, 0) is 43.2 Å². The highest BCUT2D eigenvalue weighted by molar-refractivity contribution is 5.61. The molecule has 2 aliphatic heterocycles. The minimum absolute atomic E-state index is 0.260. The van der Waals surface area contributed by atoms with Crippen LogP contribution in [0.1, 0.15) is 30.9 Å². The van der Waals surface area contributed by atoms with Gasteiger partial charge in [0, 0.05) is 43.5 Å². The monoisotopic (exact) mass is 289 g/mol. The maximum Gasteiger partial charge on any atom is 0.272 e. The van der Waals surface area contributed by atoms with Crippen molar-refractivity contribution in [3.63, 3.8) is 0 Å². The maximum absolute atomic E-state index is 11.1. The van der Waals surface area contributed by atoms with Crippen molar-refractivity contribution < 1.29 is 4.92 Å². The normalized spacial score (nSPS) is 20.4. The molecule has 2 heterocycles. The highest BCUT2D eigenvalue weighted by Crippen LogP contribution is 2.38. The fourth-order valence-corrected chi connectivity index (χ4v) is 3.57. The number of rotatable bonds is 3. The number of piperidine rings is 1. The summed E-state index contributed by atoms with van der Waals surface area (Å²) in [4.78, 5) is 13.3. The van der Waals surface area contributed by atoms with Gasteiger partial charge in [-0.3, -0.25) is 10.1 Å². The van der Waals surface area contributed by atoms with Crippen LogP contribution in [0, 0.1) is 22.5 Å². The van der Waals surface area contributed by atoms with Crippen LogP contribution < -0.4 is 10.2 Å². The van der Waals surface area contributed by atoms with E-state index in [4.69, 9.17) is 0 Å². The van der Waals surface area contributed by atoms with Gasteiger partial charge in [0.15, 0.2) is 0 Å². The summed E-state index contributed by atoms with van der Waals surface area (Å²) in [7, 11) is 0. The first-order chi connectivity index (χ1) is 10.0. The second kappa shape index (κ2) is 5.30.